The first-order valence-electron chi connectivity index (χ1n) is 7.59. The third kappa shape index (κ3) is 3.05. The van der Waals surface area contributed by atoms with Gasteiger partial charge in [-0.1, -0.05) is 44.1 Å². The third-order valence-corrected chi connectivity index (χ3v) is 3.50. The van der Waals surface area contributed by atoms with Crippen LogP contribution in [-0.4, -0.2) is 20.0 Å². The van der Waals surface area contributed by atoms with E-state index in [1.54, 1.807) is 13.0 Å². The summed E-state index contributed by atoms with van der Waals surface area (Å²) in [7, 11) is 0. The van der Waals surface area contributed by atoms with Crippen molar-refractivity contribution in [2.75, 3.05) is 0 Å². The summed E-state index contributed by atoms with van der Waals surface area (Å²) in [6.07, 6.45) is 0. The molecular formula is C17H19N5O2. The molecule has 7 nitrogen and oxygen atoms in total. The van der Waals surface area contributed by atoms with E-state index in [2.05, 4.69) is 20.5 Å². The van der Waals surface area contributed by atoms with Crippen LogP contribution >= 0.6 is 0 Å². The highest BCUT2D eigenvalue weighted by Gasteiger charge is 2.20. The van der Waals surface area contributed by atoms with Gasteiger partial charge in [-0.25, -0.2) is 0 Å². The molecule has 7 heteroatoms. The van der Waals surface area contributed by atoms with Gasteiger partial charge in [-0.05, 0) is 19.1 Å². The molecule has 3 aromatic rings. The van der Waals surface area contributed by atoms with Crippen LogP contribution in [0.15, 0.2) is 51.1 Å². The van der Waals surface area contributed by atoms with Gasteiger partial charge < -0.3 is 9.63 Å². The summed E-state index contributed by atoms with van der Waals surface area (Å²) in [5.41, 5.74) is 1.46. The van der Waals surface area contributed by atoms with E-state index in [4.69, 9.17) is 4.52 Å². The van der Waals surface area contributed by atoms with Crippen LogP contribution < -0.4 is 0 Å². The summed E-state index contributed by atoms with van der Waals surface area (Å²) in [5, 5.41) is 26.7. The van der Waals surface area contributed by atoms with Crippen molar-refractivity contribution in [1.82, 2.24) is 14.9 Å². The highest BCUT2D eigenvalue weighted by molar-refractivity contribution is 5.54. The number of rotatable bonds is 3. The minimum atomic E-state index is -0.156. The summed E-state index contributed by atoms with van der Waals surface area (Å²) < 4.78 is 6.69. The average molecular weight is 325 g/mol. The average Bonchev–Trinajstić information content (AvgIpc) is 3.12. The van der Waals surface area contributed by atoms with E-state index < -0.39 is 0 Å². The number of nitrogens with zero attached hydrogens (tertiary/aromatic N) is 5. The first kappa shape index (κ1) is 15.9. The van der Waals surface area contributed by atoms with Gasteiger partial charge in [-0.15, -0.1) is 10.2 Å². The van der Waals surface area contributed by atoms with Crippen LogP contribution in [0.3, 0.4) is 0 Å². The van der Waals surface area contributed by atoms with E-state index in [0.717, 1.165) is 11.4 Å². The quantitative estimate of drug-likeness (QED) is 0.713. The Balaban J connectivity index is 1.91. The molecule has 2 aromatic heterocycles. The lowest BCUT2D eigenvalue weighted by Gasteiger charge is -2.11. The van der Waals surface area contributed by atoms with Crippen molar-refractivity contribution < 1.29 is 9.63 Å². The fraction of sp³-hybridized carbons (Fsp3) is 0.294. The Morgan fingerprint density at radius 1 is 1.12 bits per heavy atom. The summed E-state index contributed by atoms with van der Waals surface area (Å²) in [6.45, 7) is 7.83. The summed E-state index contributed by atoms with van der Waals surface area (Å²) in [4.78, 5) is 0. The Hall–Kier alpha value is -2.96. The molecule has 2 heterocycles. The SMILES string of the molecule is Cc1nn(-c2ccccc2)c(O)c1N=Nc1cc(C(C)(C)C)on1. The van der Waals surface area contributed by atoms with Crippen molar-refractivity contribution in [3.05, 3.63) is 47.9 Å². The van der Waals surface area contributed by atoms with Gasteiger partial charge in [0.25, 0.3) is 0 Å². The lowest BCUT2D eigenvalue weighted by atomic mass is 9.93. The number of aryl methyl sites for hydroxylation is 1. The van der Waals surface area contributed by atoms with Crippen molar-refractivity contribution >= 4 is 11.5 Å². The second kappa shape index (κ2) is 5.92. The van der Waals surface area contributed by atoms with Crippen LogP contribution in [0, 0.1) is 6.92 Å². The maximum absolute atomic E-state index is 10.4. The van der Waals surface area contributed by atoms with Gasteiger partial charge in [-0.2, -0.15) is 9.78 Å². The van der Waals surface area contributed by atoms with Crippen molar-refractivity contribution in [2.24, 2.45) is 10.2 Å². The Bertz CT molecular complexity index is 872. The molecule has 3 rings (SSSR count). The maximum Gasteiger partial charge on any atom is 0.243 e. The minimum Gasteiger partial charge on any atom is -0.492 e. The van der Waals surface area contributed by atoms with E-state index >= 15 is 0 Å². The van der Waals surface area contributed by atoms with Crippen LogP contribution in [0.25, 0.3) is 5.69 Å². The van der Waals surface area contributed by atoms with Crippen LogP contribution in [0.1, 0.15) is 32.2 Å². The number of para-hydroxylation sites is 1. The second-order valence-corrected chi connectivity index (χ2v) is 6.50. The molecule has 0 spiro atoms. The fourth-order valence-corrected chi connectivity index (χ4v) is 2.14. The number of aromatic nitrogens is 3. The predicted octanol–water partition coefficient (Wildman–Crippen LogP) is 4.59. The molecule has 0 unspecified atom stereocenters. The van der Waals surface area contributed by atoms with Gasteiger partial charge in [0.15, 0.2) is 5.69 Å². The minimum absolute atomic E-state index is 0.0676. The molecule has 0 atom stereocenters. The largest absolute Gasteiger partial charge is 0.492 e. The molecule has 0 amide bonds. The molecule has 0 aliphatic heterocycles. The van der Waals surface area contributed by atoms with E-state index in [1.807, 2.05) is 51.1 Å². The maximum atomic E-state index is 10.4. The normalized spacial score (nSPS) is 12.2. The Morgan fingerprint density at radius 2 is 1.83 bits per heavy atom. The predicted molar refractivity (Wildman–Crippen MR) is 89.3 cm³/mol. The first-order valence-corrected chi connectivity index (χ1v) is 7.59. The molecule has 0 bridgehead atoms. The molecule has 0 aliphatic carbocycles. The number of azo groups is 1. The van der Waals surface area contributed by atoms with E-state index in [-0.39, 0.29) is 11.3 Å². The number of hydrogen-bond donors (Lipinski definition) is 1. The molecule has 24 heavy (non-hydrogen) atoms. The third-order valence-electron chi connectivity index (χ3n) is 3.50. The number of aromatic hydroxyl groups is 1. The van der Waals surface area contributed by atoms with Gasteiger partial charge >= 0.3 is 0 Å². The van der Waals surface area contributed by atoms with E-state index in [9.17, 15) is 5.11 Å². The van der Waals surface area contributed by atoms with Gasteiger partial charge in [-0.3, -0.25) is 0 Å². The fourth-order valence-electron chi connectivity index (χ4n) is 2.14. The molecular weight excluding hydrogens is 306 g/mol. The Labute approximate surface area is 139 Å². The molecule has 1 N–H and O–H groups in total. The molecule has 0 saturated carbocycles. The molecule has 124 valence electrons. The van der Waals surface area contributed by atoms with Crippen LogP contribution in [-0.2, 0) is 5.41 Å². The smallest absolute Gasteiger partial charge is 0.243 e. The Kier molecular flexibility index (Phi) is 3.92. The van der Waals surface area contributed by atoms with Crippen LogP contribution in [0.2, 0.25) is 0 Å². The zero-order valence-corrected chi connectivity index (χ0v) is 14.1. The topological polar surface area (TPSA) is 88.8 Å². The second-order valence-electron chi connectivity index (χ2n) is 6.50. The van der Waals surface area contributed by atoms with Gasteiger partial charge in [0.1, 0.15) is 5.76 Å². The summed E-state index contributed by atoms with van der Waals surface area (Å²) >= 11 is 0. The van der Waals surface area contributed by atoms with Crippen molar-refractivity contribution in [2.45, 2.75) is 33.1 Å². The molecule has 0 aliphatic rings. The standard InChI is InChI=1S/C17H19N5O2/c1-11-15(16(23)22(20-11)12-8-6-5-7-9-12)19-18-14-10-13(24-21-14)17(2,3)4/h5-10,23H,1-4H3. The molecule has 0 fully saturated rings. The molecule has 0 radical (unpaired) electrons. The van der Waals surface area contributed by atoms with Crippen molar-refractivity contribution in [1.29, 1.82) is 0 Å². The highest BCUT2D eigenvalue weighted by Crippen LogP contribution is 2.34. The summed E-state index contributed by atoms with van der Waals surface area (Å²) in [6, 6.07) is 11.1. The zero-order chi connectivity index (χ0) is 17.3. The van der Waals surface area contributed by atoms with E-state index in [0.29, 0.717) is 17.2 Å². The van der Waals surface area contributed by atoms with E-state index in [1.165, 1.54) is 4.68 Å². The van der Waals surface area contributed by atoms with Gasteiger partial charge in [0.2, 0.25) is 11.7 Å². The zero-order valence-electron chi connectivity index (χ0n) is 14.1. The van der Waals surface area contributed by atoms with Gasteiger partial charge in [0, 0.05) is 11.5 Å². The monoisotopic (exact) mass is 325 g/mol. The molecule has 1 aromatic carbocycles. The molecule has 0 saturated heterocycles. The van der Waals surface area contributed by atoms with Gasteiger partial charge in [0.05, 0.1) is 11.4 Å². The first-order chi connectivity index (χ1) is 11.4. The highest BCUT2D eigenvalue weighted by atomic mass is 16.5. The lowest BCUT2D eigenvalue weighted by Crippen LogP contribution is -2.08. The number of hydrogen-bond acceptors (Lipinski definition) is 6. The lowest BCUT2D eigenvalue weighted by molar-refractivity contribution is 0.330. The Morgan fingerprint density at radius 3 is 2.46 bits per heavy atom. The van der Waals surface area contributed by atoms with Crippen LogP contribution in [0.4, 0.5) is 11.5 Å². The van der Waals surface area contributed by atoms with Crippen molar-refractivity contribution in [3.8, 4) is 11.6 Å². The number of benzene rings is 1. The summed E-state index contributed by atoms with van der Waals surface area (Å²) in [5.74, 6) is 1.01. The van der Waals surface area contributed by atoms with Crippen molar-refractivity contribution in [3.63, 3.8) is 0 Å². The van der Waals surface area contributed by atoms with Crippen LogP contribution in [0.5, 0.6) is 5.88 Å².